The van der Waals surface area contributed by atoms with Crippen molar-refractivity contribution in [3.8, 4) is 0 Å². The molecule has 0 saturated carbocycles. The first-order chi connectivity index (χ1) is 6.93. The van der Waals surface area contributed by atoms with Gasteiger partial charge in [0.2, 0.25) is 0 Å². The summed E-state index contributed by atoms with van der Waals surface area (Å²) in [5.74, 6) is 0. The summed E-state index contributed by atoms with van der Waals surface area (Å²) in [6.07, 6.45) is -2.90. The summed E-state index contributed by atoms with van der Waals surface area (Å²) in [5.41, 5.74) is 5.68. The Labute approximate surface area is 89.3 Å². The molecule has 0 fully saturated rings. The van der Waals surface area contributed by atoms with Gasteiger partial charge in [-0.3, -0.25) is 0 Å². The molecule has 7 heteroatoms. The van der Waals surface area contributed by atoms with Crippen molar-refractivity contribution >= 4 is 11.8 Å². The molecule has 0 spiro atoms. The molecule has 1 rings (SSSR count). The highest BCUT2D eigenvalue weighted by Crippen LogP contribution is 2.32. The molecular formula is C8H10F3N3S. The standard InChI is InChI=1S/C8H10F3N3S/c1-5-2-3-13-7(14-5)15-6(4-12)8(9,10)11/h2-3,6H,4,12H2,1H3. The Morgan fingerprint density at radius 2 is 2.20 bits per heavy atom. The fraction of sp³-hybridized carbons (Fsp3) is 0.500. The van der Waals surface area contributed by atoms with Crippen LogP contribution < -0.4 is 5.73 Å². The van der Waals surface area contributed by atoms with Gasteiger partial charge < -0.3 is 5.73 Å². The summed E-state index contributed by atoms with van der Waals surface area (Å²) >= 11 is 0.538. The summed E-state index contributed by atoms with van der Waals surface area (Å²) in [5, 5.41) is -1.55. The van der Waals surface area contributed by atoms with Gasteiger partial charge in [0.25, 0.3) is 0 Å². The van der Waals surface area contributed by atoms with E-state index in [0.29, 0.717) is 17.5 Å². The van der Waals surface area contributed by atoms with Gasteiger partial charge in [-0.15, -0.1) is 0 Å². The molecule has 1 aromatic rings. The first-order valence-corrected chi connectivity index (χ1v) is 5.04. The van der Waals surface area contributed by atoms with Gasteiger partial charge >= 0.3 is 6.18 Å². The van der Waals surface area contributed by atoms with Crippen LogP contribution >= 0.6 is 11.8 Å². The molecule has 2 N–H and O–H groups in total. The SMILES string of the molecule is Cc1ccnc(SC(CN)C(F)(F)F)n1. The van der Waals surface area contributed by atoms with Crippen LogP contribution in [-0.4, -0.2) is 27.9 Å². The van der Waals surface area contributed by atoms with Crippen molar-refractivity contribution in [2.24, 2.45) is 5.73 Å². The maximum Gasteiger partial charge on any atom is 0.402 e. The van der Waals surface area contributed by atoms with Gasteiger partial charge in [0.15, 0.2) is 5.16 Å². The molecule has 3 nitrogen and oxygen atoms in total. The van der Waals surface area contributed by atoms with Crippen LogP contribution in [-0.2, 0) is 0 Å². The van der Waals surface area contributed by atoms with E-state index in [1.807, 2.05) is 0 Å². The number of halogens is 3. The molecule has 1 atom stereocenters. The van der Waals surface area contributed by atoms with E-state index in [4.69, 9.17) is 5.73 Å². The first-order valence-electron chi connectivity index (χ1n) is 4.16. The van der Waals surface area contributed by atoms with E-state index in [-0.39, 0.29) is 5.16 Å². The van der Waals surface area contributed by atoms with Gasteiger partial charge in [-0.25, -0.2) is 9.97 Å². The molecule has 0 amide bonds. The third-order valence-electron chi connectivity index (χ3n) is 1.60. The van der Waals surface area contributed by atoms with Crippen LogP contribution in [0.4, 0.5) is 13.2 Å². The van der Waals surface area contributed by atoms with Crippen molar-refractivity contribution in [2.75, 3.05) is 6.54 Å². The maximum absolute atomic E-state index is 12.4. The number of hydrogen-bond donors (Lipinski definition) is 1. The molecule has 0 aliphatic heterocycles. The van der Waals surface area contributed by atoms with E-state index in [1.54, 1.807) is 13.0 Å². The second-order valence-electron chi connectivity index (χ2n) is 2.86. The van der Waals surface area contributed by atoms with Crippen molar-refractivity contribution in [2.45, 2.75) is 23.5 Å². The molecule has 1 unspecified atom stereocenters. The number of aromatic nitrogens is 2. The van der Waals surface area contributed by atoms with Gasteiger partial charge in [-0.05, 0) is 13.0 Å². The molecule has 0 bridgehead atoms. The monoisotopic (exact) mass is 237 g/mol. The number of nitrogens with two attached hydrogens (primary N) is 1. The van der Waals surface area contributed by atoms with Crippen LogP contribution in [0.5, 0.6) is 0 Å². The minimum atomic E-state index is -4.33. The minimum absolute atomic E-state index is 0.0998. The smallest absolute Gasteiger partial charge is 0.329 e. The number of aryl methyl sites for hydroxylation is 1. The van der Waals surface area contributed by atoms with Gasteiger partial charge in [-0.1, -0.05) is 11.8 Å². The average molecular weight is 237 g/mol. The fourth-order valence-electron chi connectivity index (χ4n) is 0.858. The topological polar surface area (TPSA) is 51.8 Å². The van der Waals surface area contributed by atoms with Gasteiger partial charge in [-0.2, -0.15) is 13.2 Å². The van der Waals surface area contributed by atoms with E-state index >= 15 is 0 Å². The Morgan fingerprint density at radius 3 is 2.67 bits per heavy atom. The van der Waals surface area contributed by atoms with Gasteiger partial charge in [0.1, 0.15) is 5.25 Å². The largest absolute Gasteiger partial charge is 0.402 e. The molecule has 0 aliphatic rings. The molecule has 84 valence electrons. The van der Waals surface area contributed by atoms with Crippen LogP contribution in [0, 0.1) is 6.92 Å². The van der Waals surface area contributed by atoms with Crippen LogP contribution in [0.25, 0.3) is 0 Å². The quantitative estimate of drug-likeness (QED) is 0.643. The zero-order chi connectivity index (χ0) is 11.5. The first kappa shape index (κ1) is 12.3. The zero-order valence-electron chi connectivity index (χ0n) is 7.95. The highest BCUT2D eigenvalue weighted by atomic mass is 32.2. The molecule has 1 heterocycles. The van der Waals surface area contributed by atoms with E-state index < -0.39 is 18.0 Å². The Morgan fingerprint density at radius 1 is 1.53 bits per heavy atom. The number of nitrogens with zero attached hydrogens (tertiary/aromatic N) is 2. The average Bonchev–Trinajstić information content (AvgIpc) is 2.12. The molecular weight excluding hydrogens is 227 g/mol. The lowest BCUT2D eigenvalue weighted by Crippen LogP contribution is -2.33. The van der Waals surface area contributed by atoms with Crippen LogP contribution in [0.2, 0.25) is 0 Å². The number of hydrogen-bond acceptors (Lipinski definition) is 4. The van der Waals surface area contributed by atoms with Crippen molar-refractivity contribution in [3.05, 3.63) is 18.0 Å². The lowest BCUT2D eigenvalue weighted by Gasteiger charge is -2.16. The summed E-state index contributed by atoms with van der Waals surface area (Å²) in [7, 11) is 0. The summed E-state index contributed by atoms with van der Waals surface area (Å²) in [4.78, 5) is 7.61. The number of thioether (sulfide) groups is 1. The van der Waals surface area contributed by atoms with Crippen LogP contribution in [0.1, 0.15) is 5.69 Å². The van der Waals surface area contributed by atoms with Gasteiger partial charge in [0, 0.05) is 18.4 Å². The minimum Gasteiger partial charge on any atom is -0.329 e. The second-order valence-corrected chi connectivity index (χ2v) is 4.03. The Hall–Kier alpha value is -0.820. The second kappa shape index (κ2) is 4.80. The van der Waals surface area contributed by atoms with Crippen LogP contribution in [0.15, 0.2) is 17.4 Å². The number of alkyl halides is 3. The predicted molar refractivity (Wildman–Crippen MR) is 51.5 cm³/mol. The lowest BCUT2D eigenvalue weighted by atomic mass is 10.4. The van der Waals surface area contributed by atoms with Crippen molar-refractivity contribution in [3.63, 3.8) is 0 Å². The third-order valence-corrected chi connectivity index (χ3v) is 2.75. The maximum atomic E-state index is 12.4. The molecule has 1 aromatic heterocycles. The summed E-state index contributed by atoms with van der Waals surface area (Å²) < 4.78 is 37.1. The van der Waals surface area contributed by atoms with E-state index in [9.17, 15) is 13.2 Å². The number of rotatable bonds is 3. The predicted octanol–water partition coefficient (Wildman–Crippen LogP) is 1.77. The van der Waals surface area contributed by atoms with E-state index in [0.717, 1.165) is 0 Å². The Bertz CT molecular complexity index is 329. The summed E-state index contributed by atoms with van der Waals surface area (Å²) in [6.45, 7) is 1.21. The fourth-order valence-corrected chi connectivity index (χ4v) is 1.66. The Balaban J connectivity index is 2.76. The molecule has 0 saturated heterocycles. The van der Waals surface area contributed by atoms with Crippen molar-refractivity contribution in [1.29, 1.82) is 0 Å². The summed E-state index contributed by atoms with van der Waals surface area (Å²) in [6, 6.07) is 1.62. The van der Waals surface area contributed by atoms with E-state index in [2.05, 4.69) is 9.97 Å². The molecule has 15 heavy (non-hydrogen) atoms. The lowest BCUT2D eigenvalue weighted by molar-refractivity contribution is -0.126. The normalized spacial score (nSPS) is 13.9. The molecule has 0 radical (unpaired) electrons. The Kier molecular flexibility index (Phi) is 3.92. The van der Waals surface area contributed by atoms with E-state index in [1.165, 1.54) is 6.20 Å². The zero-order valence-corrected chi connectivity index (χ0v) is 8.77. The van der Waals surface area contributed by atoms with Crippen molar-refractivity contribution in [1.82, 2.24) is 9.97 Å². The highest BCUT2D eigenvalue weighted by Gasteiger charge is 2.39. The van der Waals surface area contributed by atoms with Gasteiger partial charge in [0.05, 0.1) is 0 Å². The molecule has 0 aromatic carbocycles. The molecule has 0 aliphatic carbocycles. The highest BCUT2D eigenvalue weighted by molar-refractivity contribution is 7.99. The van der Waals surface area contributed by atoms with Crippen LogP contribution in [0.3, 0.4) is 0 Å². The van der Waals surface area contributed by atoms with Crippen molar-refractivity contribution < 1.29 is 13.2 Å². The third kappa shape index (κ3) is 3.67.